The van der Waals surface area contributed by atoms with E-state index >= 15 is 0 Å². The Morgan fingerprint density at radius 3 is 2.25 bits per heavy atom. The number of alkyl halides is 3. The van der Waals surface area contributed by atoms with Gasteiger partial charge in [0.1, 0.15) is 0 Å². The van der Waals surface area contributed by atoms with Crippen LogP contribution in [0.1, 0.15) is 30.8 Å². The Labute approximate surface area is 159 Å². The van der Waals surface area contributed by atoms with E-state index in [0.717, 1.165) is 0 Å². The normalized spacial score (nSPS) is 13.4. The Bertz CT molecular complexity index is 1030. The van der Waals surface area contributed by atoms with Gasteiger partial charge < -0.3 is 4.52 Å². The standard InChI is InChI=1S/C18H16F3N3O3S/c1-2-15(24-28(25,26)14-6-4-3-5-7-14)12-8-10-13(11-9-12)16-22-17(27-23-16)18(19,20)21/h3-11,15,24H,2H2,1H3. The van der Waals surface area contributed by atoms with Gasteiger partial charge in [0.25, 0.3) is 0 Å². The highest BCUT2D eigenvalue weighted by atomic mass is 32.2. The zero-order valence-electron chi connectivity index (χ0n) is 14.6. The van der Waals surface area contributed by atoms with E-state index in [1.807, 2.05) is 6.92 Å². The fourth-order valence-corrected chi connectivity index (χ4v) is 3.89. The zero-order chi connectivity index (χ0) is 20.4. The maximum Gasteiger partial charge on any atom is 0.471 e. The van der Waals surface area contributed by atoms with E-state index in [9.17, 15) is 21.6 Å². The topological polar surface area (TPSA) is 85.1 Å². The predicted octanol–water partition coefficient (Wildman–Crippen LogP) is 4.19. The molecule has 6 nitrogen and oxygen atoms in total. The maximum absolute atomic E-state index is 12.6. The van der Waals surface area contributed by atoms with Crippen molar-refractivity contribution in [2.24, 2.45) is 0 Å². The zero-order valence-corrected chi connectivity index (χ0v) is 15.5. The van der Waals surface area contributed by atoms with Gasteiger partial charge in [-0.25, -0.2) is 13.1 Å². The van der Waals surface area contributed by atoms with Crippen LogP contribution in [0, 0.1) is 0 Å². The lowest BCUT2D eigenvalue weighted by Gasteiger charge is -2.18. The van der Waals surface area contributed by atoms with Crippen molar-refractivity contribution in [1.29, 1.82) is 0 Å². The molecular formula is C18H16F3N3O3S. The molecule has 0 fully saturated rings. The van der Waals surface area contributed by atoms with Crippen molar-refractivity contribution < 1.29 is 26.1 Å². The van der Waals surface area contributed by atoms with Crippen LogP contribution in [0.2, 0.25) is 0 Å². The first kappa shape index (κ1) is 20.0. The Hall–Kier alpha value is -2.72. The van der Waals surface area contributed by atoms with E-state index in [-0.39, 0.29) is 10.7 Å². The second-order valence-corrected chi connectivity index (χ2v) is 7.65. The molecule has 148 valence electrons. The van der Waals surface area contributed by atoms with Crippen LogP contribution in [0.4, 0.5) is 13.2 Å². The van der Waals surface area contributed by atoms with Gasteiger partial charge in [-0.2, -0.15) is 18.2 Å². The molecule has 10 heteroatoms. The van der Waals surface area contributed by atoms with E-state index < -0.39 is 28.1 Å². The molecule has 3 rings (SSSR count). The van der Waals surface area contributed by atoms with Crippen molar-refractivity contribution in [3.63, 3.8) is 0 Å². The third-order valence-electron chi connectivity index (χ3n) is 4.00. The number of sulfonamides is 1. The summed E-state index contributed by atoms with van der Waals surface area (Å²) in [6.07, 6.45) is -4.24. The first-order valence-electron chi connectivity index (χ1n) is 8.29. The van der Waals surface area contributed by atoms with Crippen LogP contribution in [0.25, 0.3) is 11.4 Å². The summed E-state index contributed by atoms with van der Waals surface area (Å²) >= 11 is 0. The molecule has 1 atom stereocenters. The highest BCUT2D eigenvalue weighted by Gasteiger charge is 2.38. The summed E-state index contributed by atoms with van der Waals surface area (Å²) in [5.41, 5.74) is 0.981. The molecule has 0 saturated carbocycles. The largest absolute Gasteiger partial charge is 0.471 e. The minimum absolute atomic E-state index is 0.150. The Balaban J connectivity index is 1.80. The number of aromatic nitrogens is 2. The number of halogens is 3. The quantitative estimate of drug-likeness (QED) is 0.658. The van der Waals surface area contributed by atoms with Crippen molar-refractivity contribution in [2.75, 3.05) is 0 Å². The minimum atomic E-state index is -4.71. The van der Waals surface area contributed by atoms with Crippen molar-refractivity contribution in [1.82, 2.24) is 14.9 Å². The average Bonchev–Trinajstić information content (AvgIpc) is 3.18. The number of hydrogen-bond acceptors (Lipinski definition) is 5. The Morgan fingerprint density at radius 1 is 1.07 bits per heavy atom. The number of rotatable bonds is 6. The molecule has 3 aromatic rings. The first-order chi connectivity index (χ1) is 13.2. The molecule has 1 unspecified atom stereocenters. The van der Waals surface area contributed by atoms with Crippen molar-refractivity contribution in [3.05, 3.63) is 66.1 Å². The Morgan fingerprint density at radius 2 is 1.71 bits per heavy atom. The summed E-state index contributed by atoms with van der Waals surface area (Å²) in [5, 5.41) is 3.33. The number of benzene rings is 2. The minimum Gasteiger partial charge on any atom is -0.329 e. The molecule has 0 amide bonds. The predicted molar refractivity (Wildman–Crippen MR) is 94.5 cm³/mol. The summed E-state index contributed by atoms with van der Waals surface area (Å²) in [5.74, 6) is -1.62. The lowest BCUT2D eigenvalue weighted by molar-refractivity contribution is -0.159. The Kier molecular flexibility index (Phi) is 5.52. The van der Waals surface area contributed by atoms with Crippen LogP contribution >= 0.6 is 0 Å². The van der Waals surface area contributed by atoms with E-state index in [1.54, 1.807) is 30.3 Å². The van der Waals surface area contributed by atoms with E-state index in [2.05, 4.69) is 19.4 Å². The van der Waals surface area contributed by atoms with Gasteiger partial charge in [0.05, 0.1) is 4.90 Å². The van der Waals surface area contributed by atoms with E-state index in [0.29, 0.717) is 17.5 Å². The van der Waals surface area contributed by atoms with Crippen molar-refractivity contribution in [2.45, 2.75) is 30.5 Å². The van der Waals surface area contributed by atoms with Gasteiger partial charge >= 0.3 is 12.1 Å². The van der Waals surface area contributed by atoms with Gasteiger partial charge in [-0.1, -0.05) is 54.5 Å². The SMILES string of the molecule is CCC(NS(=O)(=O)c1ccccc1)c1ccc(-c2noc(C(F)(F)F)n2)cc1. The number of nitrogens with one attached hydrogen (secondary N) is 1. The number of hydrogen-bond donors (Lipinski definition) is 1. The monoisotopic (exact) mass is 411 g/mol. The highest BCUT2D eigenvalue weighted by Crippen LogP contribution is 2.30. The molecule has 28 heavy (non-hydrogen) atoms. The van der Waals surface area contributed by atoms with Gasteiger partial charge in [-0.15, -0.1) is 0 Å². The number of nitrogens with zero attached hydrogens (tertiary/aromatic N) is 2. The van der Waals surface area contributed by atoms with Crippen LogP contribution in [-0.4, -0.2) is 18.6 Å². The molecule has 1 heterocycles. The molecule has 1 aromatic heterocycles. The molecule has 0 aliphatic heterocycles. The van der Waals surface area contributed by atoms with Crippen molar-refractivity contribution in [3.8, 4) is 11.4 Å². The molecule has 0 saturated heterocycles. The smallest absolute Gasteiger partial charge is 0.329 e. The maximum atomic E-state index is 12.6. The summed E-state index contributed by atoms with van der Waals surface area (Å²) in [7, 11) is -3.71. The molecule has 2 aromatic carbocycles. The molecule has 0 aliphatic rings. The molecular weight excluding hydrogens is 395 g/mol. The third-order valence-corrected chi connectivity index (χ3v) is 5.49. The molecule has 0 spiro atoms. The molecule has 0 aliphatic carbocycles. The van der Waals surface area contributed by atoms with Crippen molar-refractivity contribution >= 4 is 10.0 Å². The fraction of sp³-hybridized carbons (Fsp3) is 0.222. The van der Waals surface area contributed by atoms with Gasteiger partial charge in [-0.3, -0.25) is 0 Å². The lowest BCUT2D eigenvalue weighted by atomic mass is 10.0. The first-order valence-corrected chi connectivity index (χ1v) is 9.77. The van der Waals surface area contributed by atoms with E-state index in [4.69, 9.17) is 0 Å². The second-order valence-electron chi connectivity index (χ2n) is 5.94. The van der Waals surface area contributed by atoms with Gasteiger partial charge in [0.15, 0.2) is 0 Å². The van der Waals surface area contributed by atoms with Crippen LogP contribution in [-0.2, 0) is 16.2 Å². The van der Waals surface area contributed by atoms with Gasteiger partial charge in [0, 0.05) is 11.6 Å². The fourth-order valence-electron chi connectivity index (χ4n) is 2.56. The molecule has 0 bridgehead atoms. The molecule has 0 radical (unpaired) electrons. The summed E-state index contributed by atoms with van der Waals surface area (Å²) in [4.78, 5) is 3.48. The van der Waals surface area contributed by atoms with E-state index in [1.165, 1.54) is 24.3 Å². The molecule has 1 N–H and O–H groups in total. The van der Waals surface area contributed by atoms with Gasteiger partial charge in [-0.05, 0) is 24.1 Å². The van der Waals surface area contributed by atoms with Crippen LogP contribution in [0.3, 0.4) is 0 Å². The van der Waals surface area contributed by atoms with Crippen LogP contribution < -0.4 is 4.72 Å². The van der Waals surface area contributed by atoms with Crippen LogP contribution in [0.5, 0.6) is 0 Å². The summed E-state index contributed by atoms with van der Waals surface area (Å²) < 4.78 is 69.6. The summed E-state index contributed by atoms with van der Waals surface area (Å²) in [6, 6.07) is 13.7. The average molecular weight is 411 g/mol. The van der Waals surface area contributed by atoms with Crippen LogP contribution in [0.15, 0.2) is 64.0 Å². The second kappa shape index (κ2) is 7.72. The lowest BCUT2D eigenvalue weighted by Crippen LogP contribution is -2.28. The summed E-state index contributed by atoms with van der Waals surface area (Å²) in [6.45, 7) is 1.82. The third kappa shape index (κ3) is 4.39. The van der Waals surface area contributed by atoms with Gasteiger partial charge in [0.2, 0.25) is 15.8 Å². The highest BCUT2D eigenvalue weighted by molar-refractivity contribution is 7.89.